The fourth-order valence-electron chi connectivity index (χ4n) is 2.78. The maximum absolute atomic E-state index is 12.2. The number of nitrogens with one attached hydrogen (secondary N) is 1. The maximum atomic E-state index is 12.2. The van der Waals surface area contributed by atoms with Gasteiger partial charge in [-0.25, -0.2) is 4.79 Å². The minimum Gasteiger partial charge on any atom is -0.450 e. The third kappa shape index (κ3) is 4.33. The van der Waals surface area contributed by atoms with Gasteiger partial charge in [-0.3, -0.25) is 9.78 Å². The van der Waals surface area contributed by atoms with Crippen LogP contribution >= 0.6 is 11.3 Å². The molecular formula is C19H18N4O3S. The zero-order valence-electron chi connectivity index (χ0n) is 14.8. The summed E-state index contributed by atoms with van der Waals surface area (Å²) in [6.45, 7) is 2.96. The first kappa shape index (κ1) is 18.6. The molecule has 1 aliphatic heterocycles. The average molecular weight is 382 g/mol. The normalized spacial score (nSPS) is 13.1. The summed E-state index contributed by atoms with van der Waals surface area (Å²) in [6.07, 6.45) is 6.60. The van der Waals surface area contributed by atoms with Gasteiger partial charge >= 0.3 is 6.09 Å². The SMILES string of the molecule is CCOC(=O)N1CCc2c(sc(NC(=O)/C=C/c3ccncc3)c2C#N)C1. The Labute approximate surface area is 160 Å². The third-order valence-corrected chi connectivity index (χ3v) is 5.20. The van der Waals surface area contributed by atoms with Gasteiger partial charge in [0.15, 0.2) is 0 Å². The highest BCUT2D eigenvalue weighted by atomic mass is 32.1. The molecule has 0 aromatic carbocycles. The molecule has 0 aliphatic carbocycles. The molecule has 0 unspecified atom stereocenters. The molecule has 0 atom stereocenters. The molecule has 138 valence electrons. The van der Waals surface area contributed by atoms with Crippen LogP contribution in [0.1, 0.15) is 28.5 Å². The summed E-state index contributed by atoms with van der Waals surface area (Å²) in [6, 6.07) is 5.76. The molecule has 1 N–H and O–H groups in total. The number of anilines is 1. The van der Waals surface area contributed by atoms with Gasteiger partial charge in [0.2, 0.25) is 5.91 Å². The molecule has 7 nitrogen and oxygen atoms in total. The number of hydrogen-bond acceptors (Lipinski definition) is 6. The van der Waals surface area contributed by atoms with Gasteiger partial charge in [-0.05, 0) is 42.7 Å². The van der Waals surface area contributed by atoms with Crippen LogP contribution in [0, 0.1) is 11.3 Å². The number of rotatable bonds is 4. The van der Waals surface area contributed by atoms with Crippen LogP contribution in [0.4, 0.5) is 9.80 Å². The van der Waals surface area contributed by atoms with Gasteiger partial charge in [-0.1, -0.05) is 0 Å². The number of nitrogens with zero attached hydrogens (tertiary/aromatic N) is 3. The second-order valence-electron chi connectivity index (χ2n) is 5.79. The van der Waals surface area contributed by atoms with Gasteiger partial charge in [0, 0.05) is 29.9 Å². The molecule has 2 aromatic heterocycles. The van der Waals surface area contributed by atoms with E-state index in [0.29, 0.717) is 36.7 Å². The van der Waals surface area contributed by atoms with E-state index < -0.39 is 0 Å². The summed E-state index contributed by atoms with van der Waals surface area (Å²) < 4.78 is 5.04. The molecule has 0 spiro atoms. The zero-order chi connectivity index (χ0) is 19.2. The minimum atomic E-state index is -0.360. The van der Waals surface area contributed by atoms with Crippen LogP contribution in [0.25, 0.3) is 6.08 Å². The standard InChI is InChI=1S/C19H18N4O3S/c1-2-26-19(25)23-10-7-14-15(11-20)18(27-16(14)12-23)22-17(24)4-3-13-5-8-21-9-6-13/h3-6,8-9H,2,7,10,12H2,1H3,(H,22,24)/b4-3+. The van der Waals surface area contributed by atoms with Crippen LogP contribution in [0.3, 0.4) is 0 Å². The van der Waals surface area contributed by atoms with Gasteiger partial charge in [-0.2, -0.15) is 5.26 Å². The second kappa shape index (κ2) is 8.47. The van der Waals surface area contributed by atoms with Crippen LogP contribution in [-0.2, 0) is 22.5 Å². The molecule has 3 heterocycles. The van der Waals surface area contributed by atoms with Crippen LogP contribution in [0.5, 0.6) is 0 Å². The average Bonchev–Trinajstić information content (AvgIpc) is 3.03. The lowest BCUT2D eigenvalue weighted by Crippen LogP contribution is -2.35. The summed E-state index contributed by atoms with van der Waals surface area (Å²) in [7, 11) is 0. The van der Waals surface area contributed by atoms with Crippen LogP contribution in [0.2, 0.25) is 0 Å². The third-order valence-electron chi connectivity index (χ3n) is 4.06. The van der Waals surface area contributed by atoms with E-state index in [1.54, 1.807) is 42.4 Å². The van der Waals surface area contributed by atoms with E-state index in [1.807, 2.05) is 0 Å². The van der Waals surface area contributed by atoms with Crippen molar-refractivity contribution in [2.45, 2.75) is 19.9 Å². The fraction of sp³-hybridized carbons (Fsp3) is 0.263. The molecule has 27 heavy (non-hydrogen) atoms. The Morgan fingerprint density at radius 2 is 2.22 bits per heavy atom. The van der Waals surface area contributed by atoms with Crippen molar-refractivity contribution in [2.75, 3.05) is 18.5 Å². The Kier molecular flexibility index (Phi) is 5.84. The summed E-state index contributed by atoms with van der Waals surface area (Å²) in [5, 5.41) is 12.8. The molecule has 1 aliphatic rings. The van der Waals surface area contributed by atoms with E-state index in [2.05, 4.69) is 16.4 Å². The van der Waals surface area contributed by atoms with E-state index in [-0.39, 0.29) is 12.0 Å². The lowest BCUT2D eigenvalue weighted by molar-refractivity contribution is -0.111. The number of hydrogen-bond donors (Lipinski definition) is 1. The van der Waals surface area contributed by atoms with Gasteiger partial charge < -0.3 is 15.0 Å². The summed E-state index contributed by atoms with van der Waals surface area (Å²) in [5.41, 5.74) is 2.23. The number of nitriles is 1. The molecule has 2 aromatic rings. The number of ether oxygens (including phenoxy) is 1. The van der Waals surface area contributed by atoms with Crippen molar-refractivity contribution in [1.29, 1.82) is 5.26 Å². The first-order valence-electron chi connectivity index (χ1n) is 8.47. The van der Waals surface area contributed by atoms with Crippen molar-refractivity contribution in [2.24, 2.45) is 0 Å². The molecule has 3 rings (SSSR count). The van der Waals surface area contributed by atoms with Gasteiger partial charge in [0.1, 0.15) is 11.1 Å². The summed E-state index contributed by atoms with van der Waals surface area (Å²) >= 11 is 1.33. The Hall–Kier alpha value is -3.18. The predicted octanol–water partition coefficient (Wildman–Crippen LogP) is 3.18. The summed E-state index contributed by atoms with van der Waals surface area (Å²) in [4.78, 5) is 30.6. The van der Waals surface area contributed by atoms with Crippen LogP contribution < -0.4 is 5.32 Å². The zero-order valence-corrected chi connectivity index (χ0v) is 15.6. The largest absolute Gasteiger partial charge is 0.450 e. The molecule has 0 radical (unpaired) electrons. The van der Waals surface area contributed by atoms with Crippen molar-refractivity contribution in [3.05, 3.63) is 52.2 Å². The maximum Gasteiger partial charge on any atom is 0.410 e. The smallest absolute Gasteiger partial charge is 0.410 e. The van der Waals surface area contributed by atoms with E-state index in [4.69, 9.17) is 4.74 Å². The molecule has 8 heteroatoms. The number of thiophene rings is 1. The molecule has 2 amide bonds. The van der Waals surface area contributed by atoms with Crippen LogP contribution in [-0.4, -0.2) is 35.0 Å². The number of aromatic nitrogens is 1. The minimum absolute atomic E-state index is 0.316. The van der Waals surface area contributed by atoms with Crippen molar-refractivity contribution in [3.8, 4) is 6.07 Å². The number of carbonyl (C=O) groups excluding carboxylic acids is 2. The van der Waals surface area contributed by atoms with E-state index in [0.717, 1.165) is 16.0 Å². The Bertz CT molecular complexity index is 915. The lowest BCUT2D eigenvalue weighted by Gasteiger charge is -2.25. The number of fused-ring (bicyclic) bond motifs is 1. The number of amides is 2. The Morgan fingerprint density at radius 3 is 2.93 bits per heavy atom. The lowest BCUT2D eigenvalue weighted by atomic mass is 10.0. The van der Waals surface area contributed by atoms with Crippen LogP contribution in [0.15, 0.2) is 30.6 Å². The van der Waals surface area contributed by atoms with E-state index in [9.17, 15) is 14.9 Å². The topological polar surface area (TPSA) is 95.3 Å². The quantitative estimate of drug-likeness (QED) is 0.820. The first-order chi connectivity index (χ1) is 13.1. The summed E-state index contributed by atoms with van der Waals surface area (Å²) in [5.74, 6) is -0.316. The van der Waals surface area contributed by atoms with E-state index >= 15 is 0 Å². The van der Waals surface area contributed by atoms with Crippen molar-refractivity contribution in [1.82, 2.24) is 9.88 Å². The molecule has 0 bridgehead atoms. The molecule has 0 saturated carbocycles. The highest BCUT2D eigenvalue weighted by Crippen LogP contribution is 2.36. The second-order valence-corrected chi connectivity index (χ2v) is 6.90. The monoisotopic (exact) mass is 382 g/mol. The van der Waals surface area contributed by atoms with Gasteiger partial charge in [-0.15, -0.1) is 11.3 Å². The van der Waals surface area contributed by atoms with Crippen molar-refractivity contribution >= 4 is 34.4 Å². The molecular weight excluding hydrogens is 364 g/mol. The molecule has 0 saturated heterocycles. The Morgan fingerprint density at radius 1 is 1.44 bits per heavy atom. The molecule has 0 fully saturated rings. The van der Waals surface area contributed by atoms with Crippen molar-refractivity contribution in [3.63, 3.8) is 0 Å². The van der Waals surface area contributed by atoms with Crippen molar-refractivity contribution < 1.29 is 14.3 Å². The van der Waals surface area contributed by atoms with Gasteiger partial charge in [0.05, 0.1) is 18.7 Å². The van der Waals surface area contributed by atoms with Gasteiger partial charge in [0.25, 0.3) is 0 Å². The number of carbonyl (C=O) groups is 2. The highest BCUT2D eigenvalue weighted by molar-refractivity contribution is 7.16. The Balaban J connectivity index is 1.74. The van der Waals surface area contributed by atoms with E-state index in [1.165, 1.54) is 17.4 Å². The highest BCUT2D eigenvalue weighted by Gasteiger charge is 2.27. The fourth-order valence-corrected chi connectivity index (χ4v) is 4.00. The first-order valence-corrected chi connectivity index (χ1v) is 9.29. The predicted molar refractivity (Wildman–Crippen MR) is 102 cm³/mol. The number of pyridine rings is 1.